The maximum atomic E-state index is 5.19. The molecular weight excluding hydrogens is 376 g/mol. The molecule has 0 aliphatic heterocycles. The van der Waals surface area contributed by atoms with Crippen molar-refractivity contribution in [3.05, 3.63) is 55.0 Å². The summed E-state index contributed by atoms with van der Waals surface area (Å²) in [6.45, 7) is 0. The van der Waals surface area contributed by atoms with Crippen molar-refractivity contribution in [2.45, 2.75) is 38.1 Å². The van der Waals surface area contributed by atoms with Gasteiger partial charge in [0.25, 0.3) is 0 Å². The molecule has 5 rings (SSSR count). The largest absolute Gasteiger partial charge is 0.481 e. The van der Waals surface area contributed by atoms with Crippen LogP contribution in [0.25, 0.3) is 22.6 Å². The average Bonchev–Trinajstić information content (AvgIpc) is 3.25. The highest BCUT2D eigenvalue weighted by Gasteiger charge is 2.21. The van der Waals surface area contributed by atoms with E-state index in [0.717, 1.165) is 35.3 Å². The van der Waals surface area contributed by atoms with Crippen LogP contribution >= 0.6 is 0 Å². The van der Waals surface area contributed by atoms with Crippen molar-refractivity contribution in [3.63, 3.8) is 0 Å². The minimum Gasteiger partial charge on any atom is -0.481 e. The van der Waals surface area contributed by atoms with Crippen LogP contribution in [0.2, 0.25) is 0 Å². The maximum absolute atomic E-state index is 5.19. The molecule has 0 unspecified atom stereocenters. The number of imidazole rings is 1. The smallest absolute Gasteiger partial charge is 0.212 e. The number of rotatable bonds is 5. The van der Waals surface area contributed by atoms with E-state index in [1.165, 1.54) is 19.3 Å². The Kier molecular flexibility index (Phi) is 5.01. The predicted octanol–water partition coefficient (Wildman–Crippen LogP) is 5.15. The van der Waals surface area contributed by atoms with Gasteiger partial charge in [0.2, 0.25) is 5.88 Å². The van der Waals surface area contributed by atoms with Crippen LogP contribution in [0.5, 0.6) is 5.88 Å². The summed E-state index contributed by atoms with van der Waals surface area (Å²) in [7, 11) is 1.61. The quantitative estimate of drug-likeness (QED) is 0.499. The number of ether oxygens (including phenoxy) is 1. The van der Waals surface area contributed by atoms with Gasteiger partial charge in [-0.2, -0.15) is 0 Å². The lowest BCUT2D eigenvalue weighted by Gasteiger charge is -2.23. The van der Waals surface area contributed by atoms with Gasteiger partial charge in [0.05, 0.1) is 13.4 Å². The summed E-state index contributed by atoms with van der Waals surface area (Å²) in [5.41, 5.74) is 3.45. The van der Waals surface area contributed by atoms with Crippen LogP contribution in [-0.4, -0.2) is 31.6 Å². The Hall–Kier alpha value is -3.48. The molecule has 7 heteroatoms. The molecular formula is C23H24N6O. The number of methoxy groups -OCH3 is 1. The monoisotopic (exact) mass is 400 g/mol. The Morgan fingerprint density at radius 1 is 0.967 bits per heavy atom. The second kappa shape index (κ2) is 8.10. The normalized spacial score (nSPS) is 14.7. The van der Waals surface area contributed by atoms with E-state index in [9.17, 15) is 0 Å². The number of benzene rings is 1. The molecule has 0 atom stereocenters. The zero-order valence-corrected chi connectivity index (χ0v) is 17.0. The Bertz CT molecular complexity index is 1130. The van der Waals surface area contributed by atoms with E-state index in [4.69, 9.17) is 19.7 Å². The van der Waals surface area contributed by atoms with E-state index in [1.54, 1.807) is 13.3 Å². The van der Waals surface area contributed by atoms with Crippen LogP contribution in [0.3, 0.4) is 0 Å². The molecule has 0 saturated heterocycles. The Morgan fingerprint density at radius 2 is 1.80 bits per heavy atom. The molecule has 0 radical (unpaired) electrons. The Labute approximate surface area is 175 Å². The second-order valence-electron chi connectivity index (χ2n) is 7.59. The van der Waals surface area contributed by atoms with E-state index in [-0.39, 0.29) is 0 Å². The highest BCUT2D eigenvalue weighted by Crippen LogP contribution is 2.33. The van der Waals surface area contributed by atoms with E-state index in [0.29, 0.717) is 23.6 Å². The first-order chi connectivity index (χ1) is 14.8. The van der Waals surface area contributed by atoms with E-state index in [1.807, 2.05) is 48.8 Å². The number of fused-ring (bicyclic) bond motifs is 1. The molecule has 3 aromatic heterocycles. The van der Waals surface area contributed by atoms with Crippen LogP contribution in [0.1, 0.15) is 38.1 Å². The first-order valence-electron chi connectivity index (χ1n) is 10.4. The second-order valence-corrected chi connectivity index (χ2v) is 7.59. The maximum Gasteiger partial charge on any atom is 0.212 e. The summed E-state index contributed by atoms with van der Waals surface area (Å²) < 4.78 is 7.41. The minimum atomic E-state index is 0.435. The molecule has 7 nitrogen and oxygen atoms in total. The highest BCUT2D eigenvalue weighted by molar-refractivity contribution is 5.87. The highest BCUT2D eigenvalue weighted by atomic mass is 16.5. The van der Waals surface area contributed by atoms with E-state index >= 15 is 0 Å². The lowest BCUT2D eigenvalue weighted by atomic mass is 9.95. The van der Waals surface area contributed by atoms with Gasteiger partial charge >= 0.3 is 0 Å². The zero-order valence-electron chi connectivity index (χ0n) is 17.0. The number of aromatic nitrogens is 5. The number of pyridine rings is 1. The van der Waals surface area contributed by atoms with Crippen LogP contribution in [0.4, 0.5) is 11.5 Å². The first kappa shape index (κ1) is 18.5. The number of hydrogen-bond acceptors (Lipinski definition) is 6. The molecule has 1 fully saturated rings. The fourth-order valence-electron chi connectivity index (χ4n) is 4.05. The molecule has 3 heterocycles. The molecule has 1 saturated carbocycles. The first-order valence-corrected chi connectivity index (χ1v) is 10.4. The Morgan fingerprint density at radius 3 is 2.53 bits per heavy atom. The number of para-hydroxylation sites is 1. The summed E-state index contributed by atoms with van der Waals surface area (Å²) in [4.78, 5) is 18.7. The van der Waals surface area contributed by atoms with Crippen LogP contribution in [-0.2, 0) is 0 Å². The van der Waals surface area contributed by atoms with Gasteiger partial charge in [-0.05, 0) is 31.0 Å². The Balaban J connectivity index is 1.63. The number of hydrogen-bond donors (Lipinski definition) is 1. The van der Waals surface area contributed by atoms with Crippen molar-refractivity contribution in [1.29, 1.82) is 0 Å². The van der Waals surface area contributed by atoms with Gasteiger partial charge in [-0.15, -0.1) is 0 Å². The molecule has 1 N–H and O–H groups in total. The lowest BCUT2D eigenvalue weighted by Crippen LogP contribution is -2.12. The van der Waals surface area contributed by atoms with Gasteiger partial charge in [-0.25, -0.2) is 19.9 Å². The van der Waals surface area contributed by atoms with Gasteiger partial charge in [0.1, 0.15) is 0 Å². The van der Waals surface area contributed by atoms with Gasteiger partial charge in [0.15, 0.2) is 22.8 Å². The molecule has 1 aliphatic carbocycles. The van der Waals surface area contributed by atoms with Crippen molar-refractivity contribution < 1.29 is 4.74 Å². The van der Waals surface area contributed by atoms with Gasteiger partial charge in [-0.1, -0.05) is 37.5 Å². The third-order valence-electron chi connectivity index (χ3n) is 5.63. The van der Waals surface area contributed by atoms with Gasteiger partial charge < -0.3 is 14.6 Å². The van der Waals surface area contributed by atoms with Crippen molar-refractivity contribution in [1.82, 2.24) is 24.5 Å². The molecule has 0 bridgehead atoms. The predicted molar refractivity (Wildman–Crippen MR) is 117 cm³/mol. The fraction of sp³-hybridized carbons (Fsp3) is 0.304. The van der Waals surface area contributed by atoms with E-state index < -0.39 is 0 Å². The standard InChI is InChI=1S/C23H24N6O/c1-30-19-13-12-16(14-24-19)21-27-22(26-17-8-4-2-5-9-17)20-23(28-21)29(15-25-20)18-10-6-3-7-11-18/h2,4-5,8-9,12-15,18H,3,6-7,10-11H2,1H3,(H,26,27,28). The van der Waals surface area contributed by atoms with Gasteiger partial charge in [0, 0.05) is 29.6 Å². The average molecular weight is 400 g/mol. The zero-order chi connectivity index (χ0) is 20.3. The van der Waals surface area contributed by atoms with Crippen molar-refractivity contribution >= 4 is 22.7 Å². The van der Waals surface area contributed by atoms with Gasteiger partial charge in [-0.3, -0.25) is 0 Å². The molecule has 152 valence electrons. The summed E-state index contributed by atoms with van der Waals surface area (Å²) in [6.07, 6.45) is 9.79. The third kappa shape index (κ3) is 3.58. The minimum absolute atomic E-state index is 0.435. The van der Waals surface area contributed by atoms with Crippen molar-refractivity contribution in [2.24, 2.45) is 0 Å². The molecule has 1 aliphatic rings. The molecule has 4 aromatic rings. The number of anilines is 2. The SMILES string of the molecule is COc1ccc(-c2nc(Nc3ccccc3)c3ncn(C4CCCCC4)c3n2)cn1. The molecule has 0 spiro atoms. The number of nitrogens with zero attached hydrogens (tertiary/aromatic N) is 5. The van der Waals surface area contributed by atoms with Crippen molar-refractivity contribution in [2.75, 3.05) is 12.4 Å². The molecule has 0 amide bonds. The topological polar surface area (TPSA) is 77.8 Å². The number of nitrogens with one attached hydrogen (secondary N) is 1. The lowest BCUT2D eigenvalue weighted by molar-refractivity contribution is 0.358. The molecule has 30 heavy (non-hydrogen) atoms. The third-order valence-corrected chi connectivity index (χ3v) is 5.63. The summed E-state index contributed by atoms with van der Waals surface area (Å²) in [5, 5.41) is 3.42. The van der Waals surface area contributed by atoms with E-state index in [2.05, 4.69) is 14.9 Å². The summed E-state index contributed by atoms with van der Waals surface area (Å²) >= 11 is 0. The molecule has 1 aromatic carbocycles. The van der Waals surface area contributed by atoms with Crippen molar-refractivity contribution in [3.8, 4) is 17.3 Å². The van der Waals surface area contributed by atoms with Crippen LogP contribution in [0, 0.1) is 0 Å². The fourth-order valence-corrected chi connectivity index (χ4v) is 4.05. The summed E-state index contributed by atoms with van der Waals surface area (Å²) in [6, 6.07) is 14.2. The summed E-state index contributed by atoms with van der Waals surface area (Å²) in [5.74, 6) is 1.88. The van der Waals surface area contributed by atoms with Crippen LogP contribution in [0.15, 0.2) is 55.0 Å². The van der Waals surface area contributed by atoms with Crippen LogP contribution < -0.4 is 10.1 Å².